The number of benzene rings is 1. The van der Waals surface area contributed by atoms with Gasteiger partial charge >= 0.3 is 0 Å². The van der Waals surface area contributed by atoms with Crippen molar-refractivity contribution in [3.05, 3.63) is 53.9 Å². The molecule has 6 heteroatoms. The quantitative estimate of drug-likeness (QED) is 0.901. The van der Waals surface area contributed by atoms with Gasteiger partial charge in [-0.05, 0) is 30.9 Å². The van der Waals surface area contributed by atoms with Gasteiger partial charge in [0.15, 0.2) is 0 Å². The summed E-state index contributed by atoms with van der Waals surface area (Å²) in [5, 5.41) is 10.3. The van der Waals surface area contributed by atoms with Crippen LogP contribution in [0.3, 0.4) is 0 Å². The average molecular weight is 317 g/mol. The molecule has 122 valence electrons. The number of nitrogens with zero attached hydrogens (tertiary/aromatic N) is 2. The van der Waals surface area contributed by atoms with Crippen LogP contribution in [-0.4, -0.2) is 44.6 Å². The van der Waals surface area contributed by atoms with Crippen LogP contribution in [-0.2, 0) is 17.6 Å². The second kappa shape index (κ2) is 6.91. The van der Waals surface area contributed by atoms with Gasteiger partial charge in [0.2, 0.25) is 5.91 Å². The molecule has 3 rings (SSSR count). The van der Waals surface area contributed by atoms with Crippen LogP contribution in [0.1, 0.15) is 24.1 Å². The van der Waals surface area contributed by atoms with Crippen molar-refractivity contribution in [1.82, 2.24) is 14.9 Å². The third-order valence-electron chi connectivity index (χ3n) is 4.35. The lowest BCUT2D eigenvalue weighted by atomic mass is 9.92. The number of hydrogen-bond donors (Lipinski definition) is 2. The Balaban J connectivity index is 1.76. The predicted molar refractivity (Wildman–Crippen MR) is 83.1 cm³/mol. The number of H-pyrrole nitrogens is 1. The molecule has 5 nitrogen and oxygen atoms in total. The number of hydrogen-bond acceptors (Lipinski definition) is 3. The minimum Gasteiger partial charge on any atom is -0.391 e. The highest BCUT2D eigenvalue weighted by molar-refractivity contribution is 5.78. The maximum absolute atomic E-state index is 13.9. The summed E-state index contributed by atoms with van der Waals surface area (Å²) in [4.78, 5) is 21.1. The van der Waals surface area contributed by atoms with Crippen molar-refractivity contribution in [1.29, 1.82) is 0 Å². The zero-order valence-corrected chi connectivity index (χ0v) is 12.8. The van der Waals surface area contributed by atoms with E-state index in [1.165, 1.54) is 12.4 Å². The summed E-state index contributed by atoms with van der Waals surface area (Å²) < 4.78 is 13.9. The standard InChI is InChI=1S/C17H20FN3O2/c18-14-5-2-1-4-12(14)8-15-16(22)6-3-7-21(15)17(23)9-13-10-19-11-20-13/h1-2,4-5,10-11,15-16,22H,3,6-9H2,(H,19,20)/t15-,16-/m0/s1. The van der Waals surface area contributed by atoms with Crippen LogP contribution in [0.25, 0.3) is 0 Å². The van der Waals surface area contributed by atoms with Gasteiger partial charge in [0.1, 0.15) is 5.82 Å². The summed E-state index contributed by atoms with van der Waals surface area (Å²) in [7, 11) is 0. The molecule has 1 aromatic carbocycles. The molecular weight excluding hydrogens is 297 g/mol. The summed E-state index contributed by atoms with van der Waals surface area (Å²) in [6.45, 7) is 0.586. The monoisotopic (exact) mass is 317 g/mol. The zero-order valence-electron chi connectivity index (χ0n) is 12.8. The molecule has 1 aliphatic rings. The van der Waals surface area contributed by atoms with Crippen LogP contribution in [0.4, 0.5) is 4.39 Å². The van der Waals surface area contributed by atoms with Crippen LogP contribution in [0.5, 0.6) is 0 Å². The Morgan fingerprint density at radius 3 is 3.00 bits per heavy atom. The number of aromatic amines is 1. The number of aliphatic hydroxyl groups excluding tert-OH is 1. The summed E-state index contributed by atoms with van der Waals surface area (Å²) >= 11 is 0. The van der Waals surface area contributed by atoms with E-state index in [9.17, 15) is 14.3 Å². The first-order valence-electron chi connectivity index (χ1n) is 7.83. The minimum atomic E-state index is -0.630. The highest BCUT2D eigenvalue weighted by atomic mass is 19.1. The molecule has 0 bridgehead atoms. The van der Waals surface area contributed by atoms with Crippen molar-refractivity contribution >= 4 is 5.91 Å². The van der Waals surface area contributed by atoms with Crippen molar-refractivity contribution in [2.75, 3.05) is 6.54 Å². The average Bonchev–Trinajstić information content (AvgIpc) is 3.04. The number of carbonyl (C=O) groups excluding carboxylic acids is 1. The van der Waals surface area contributed by atoms with Crippen LogP contribution in [0, 0.1) is 5.82 Å². The summed E-state index contributed by atoms with van der Waals surface area (Å²) in [6.07, 6.45) is 4.43. The molecule has 0 unspecified atom stereocenters. The summed E-state index contributed by atoms with van der Waals surface area (Å²) in [5.41, 5.74) is 1.26. The van der Waals surface area contributed by atoms with Crippen LogP contribution >= 0.6 is 0 Å². The van der Waals surface area contributed by atoms with Crippen molar-refractivity contribution in [3.63, 3.8) is 0 Å². The molecule has 1 fully saturated rings. The van der Waals surface area contributed by atoms with Crippen molar-refractivity contribution in [3.8, 4) is 0 Å². The predicted octanol–water partition coefficient (Wildman–Crippen LogP) is 1.69. The first-order valence-corrected chi connectivity index (χ1v) is 7.83. The fraction of sp³-hybridized carbons (Fsp3) is 0.412. The van der Waals surface area contributed by atoms with Gasteiger partial charge in [-0.3, -0.25) is 4.79 Å². The molecular formula is C17H20FN3O2. The first kappa shape index (κ1) is 15.7. The molecule has 0 radical (unpaired) electrons. The lowest BCUT2D eigenvalue weighted by molar-refractivity contribution is -0.138. The Morgan fingerprint density at radius 1 is 1.43 bits per heavy atom. The topological polar surface area (TPSA) is 69.2 Å². The molecule has 2 N–H and O–H groups in total. The van der Waals surface area contributed by atoms with E-state index in [2.05, 4.69) is 9.97 Å². The van der Waals surface area contributed by atoms with E-state index < -0.39 is 12.1 Å². The lowest BCUT2D eigenvalue weighted by Gasteiger charge is -2.39. The third-order valence-corrected chi connectivity index (χ3v) is 4.35. The fourth-order valence-electron chi connectivity index (χ4n) is 3.13. The molecule has 2 heterocycles. The highest BCUT2D eigenvalue weighted by Gasteiger charge is 2.33. The van der Waals surface area contributed by atoms with E-state index in [4.69, 9.17) is 0 Å². The number of carbonyl (C=O) groups is 1. The zero-order chi connectivity index (χ0) is 16.2. The molecule has 2 aromatic rings. The van der Waals surface area contributed by atoms with Crippen molar-refractivity contribution < 1.29 is 14.3 Å². The largest absolute Gasteiger partial charge is 0.391 e. The Morgan fingerprint density at radius 2 is 2.26 bits per heavy atom. The molecule has 1 amide bonds. The summed E-state index contributed by atoms with van der Waals surface area (Å²) in [5.74, 6) is -0.374. The molecule has 1 aliphatic heterocycles. The van der Waals surface area contributed by atoms with E-state index in [1.54, 1.807) is 29.3 Å². The van der Waals surface area contributed by atoms with E-state index in [1.807, 2.05) is 0 Å². The number of imidazole rings is 1. The van der Waals surface area contributed by atoms with Crippen LogP contribution in [0.15, 0.2) is 36.8 Å². The number of aromatic nitrogens is 2. The summed E-state index contributed by atoms with van der Waals surface area (Å²) in [6, 6.07) is 6.12. The van der Waals surface area contributed by atoms with Crippen LogP contribution < -0.4 is 0 Å². The molecule has 0 spiro atoms. The van der Waals surface area contributed by atoms with Gasteiger partial charge in [0, 0.05) is 18.4 Å². The SMILES string of the molecule is O=C(Cc1cnc[nH]1)N1CCC[C@H](O)[C@@H]1Cc1ccccc1F. The normalized spacial score (nSPS) is 21.4. The van der Waals surface area contributed by atoms with Crippen molar-refractivity contribution in [2.45, 2.75) is 37.8 Å². The van der Waals surface area contributed by atoms with E-state index >= 15 is 0 Å². The maximum Gasteiger partial charge on any atom is 0.228 e. The maximum atomic E-state index is 13.9. The number of amides is 1. The van der Waals surface area contributed by atoms with Gasteiger partial charge in [-0.15, -0.1) is 0 Å². The number of aliphatic hydroxyl groups is 1. The molecule has 2 atom stereocenters. The fourth-order valence-corrected chi connectivity index (χ4v) is 3.13. The molecule has 23 heavy (non-hydrogen) atoms. The van der Waals surface area contributed by atoms with Gasteiger partial charge in [-0.1, -0.05) is 18.2 Å². The number of nitrogens with one attached hydrogen (secondary N) is 1. The highest BCUT2D eigenvalue weighted by Crippen LogP contribution is 2.23. The number of rotatable bonds is 4. The van der Waals surface area contributed by atoms with Gasteiger partial charge in [0.05, 0.1) is 24.9 Å². The molecule has 0 aliphatic carbocycles. The van der Waals surface area contributed by atoms with E-state index in [0.717, 1.165) is 12.1 Å². The Labute approximate surface area is 134 Å². The lowest BCUT2D eigenvalue weighted by Crippen LogP contribution is -2.52. The Kier molecular flexibility index (Phi) is 4.71. The number of likely N-dealkylation sites (tertiary alicyclic amines) is 1. The molecule has 0 saturated carbocycles. The van der Waals surface area contributed by atoms with Crippen molar-refractivity contribution in [2.24, 2.45) is 0 Å². The van der Waals surface area contributed by atoms with Crippen LogP contribution in [0.2, 0.25) is 0 Å². The van der Waals surface area contributed by atoms with Gasteiger partial charge in [-0.2, -0.15) is 0 Å². The third kappa shape index (κ3) is 3.59. The smallest absolute Gasteiger partial charge is 0.228 e. The second-order valence-corrected chi connectivity index (χ2v) is 5.91. The van der Waals surface area contributed by atoms with Gasteiger partial charge < -0.3 is 15.0 Å². The molecule has 1 saturated heterocycles. The van der Waals surface area contributed by atoms with Gasteiger partial charge in [-0.25, -0.2) is 9.37 Å². The number of halogens is 1. The van der Waals surface area contributed by atoms with E-state index in [-0.39, 0.29) is 18.1 Å². The first-order chi connectivity index (χ1) is 11.1. The minimum absolute atomic E-state index is 0.0747. The van der Waals surface area contributed by atoms with E-state index in [0.29, 0.717) is 24.9 Å². The number of piperidine rings is 1. The molecule has 1 aromatic heterocycles. The van der Waals surface area contributed by atoms with Gasteiger partial charge in [0.25, 0.3) is 0 Å². The Bertz CT molecular complexity index is 660. The Hall–Kier alpha value is -2.21. The second-order valence-electron chi connectivity index (χ2n) is 5.91.